The maximum absolute atomic E-state index is 12.7. The first-order valence-corrected chi connectivity index (χ1v) is 11.5. The Balaban J connectivity index is 1.70. The number of methoxy groups -OCH3 is 1. The van der Waals surface area contributed by atoms with Crippen LogP contribution >= 0.6 is 11.5 Å². The predicted molar refractivity (Wildman–Crippen MR) is 109 cm³/mol. The van der Waals surface area contributed by atoms with Gasteiger partial charge < -0.3 is 10.1 Å². The summed E-state index contributed by atoms with van der Waals surface area (Å²) >= 11 is 1.01. The van der Waals surface area contributed by atoms with Gasteiger partial charge in [-0.3, -0.25) is 4.79 Å². The molecule has 1 aromatic carbocycles. The van der Waals surface area contributed by atoms with Crippen molar-refractivity contribution in [1.82, 2.24) is 19.4 Å². The second kappa shape index (κ2) is 7.56. The van der Waals surface area contributed by atoms with Crippen LogP contribution in [0, 0.1) is 6.92 Å². The van der Waals surface area contributed by atoms with Gasteiger partial charge in [0.2, 0.25) is 0 Å². The van der Waals surface area contributed by atoms with E-state index in [9.17, 15) is 13.2 Å². The maximum atomic E-state index is 12.7. The molecule has 3 aromatic rings. The molecule has 1 N–H and O–H groups in total. The summed E-state index contributed by atoms with van der Waals surface area (Å²) < 4.78 is 34.5. The Morgan fingerprint density at radius 3 is 2.66 bits per heavy atom. The van der Waals surface area contributed by atoms with E-state index < -0.39 is 9.84 Å². The topological polar surface area (TPSA) is 116 Å². The maximum Gasteiger partial charge on any atom is 0.270 e. The Bertz CT molecular complexity index is 1150. The number of anilines is 1. The lowest BCUT2D eigenvalue weighted by molar-refractivity contribution is 0.102. The fourth-order valence-electron chi connectivity index (χ4n) is 3.25. The van der Waals surface area contributed by atoms with E-state index in [-0.39, 0.29) is 23.5 Å². The van der Waals surface area contributed by atoms with Crippen LogP contribution in [0.4, 0.5) is 5.82 Å². The minimum absolute atomic E-state index is 0.000738. The first-order chi connectivity index (χ1) is 13.9. The van der Waals surface area contributed by atoms with E-state index in [0.29, 0.717) is 28.5 Å². The molecule has 1 atom stereocenters. The van der Waals surface area contributed by atoms with E-state index in [4.69, 9.17) is 4.74 Å². The molecular formula is C18H19N5O4S2. The zero-order valence-corrected chi connectivity index (χ0v) is 17.5. The number of amides is 1. The standard InChI is InChI=1S/C18H19N5O4S2/c1-11-17(28-22-20-11)18(24)19-16-9-15(12-3-5-14(27-2)6-4-12)21-23(16)13-7-8-29(25,26)10-13/h3-6,9,13H,7-8,10H2,1-2H3,(H,19,24)/t13-/m0/s1. The molecule has 0 radical (unpaired) electrons. The molecule has 3 heterocycles. The summed E-state index contributed by atoms with van der Waals surface area (Å²) in [5.41, 5.74) is 2.00. The smallest absolute Gasteiger partial charge is 0.270 e. The summed E-state index contributed by atoms with van der Waals surface area (Å²) in [6, 6.07) is 8.77. The van der Waals surface area contributed by atoms with Crippen LogP contribution in [0.3, 0.4) is 0 Å². The number of hydrogen-bond donors (Lipinski definition) is 1. The molecule has 0 bridgehead atoms. The second-order valence-corrected chi connectivity index (χ2v) is 9.77. The number of carbonyl (C=O) groups excluding carboxylic acids is 1. The number of sulfone groups is 1. The molecule has 152 valence electrons. The van der Waals surface area contributed by atoms with Gasteiger partial charge in [-0.05, 0) is 49.1 Å². The Morgan fingerprint density at radius 1 is 1.31 bits per heavy atom. The van der Waals surface area contributed by atoms with Crippen LogP contribution in [0.2, 0.25) is 0 Å². The molecule has 2 aromatic heterocycles. The number of hydrogen-bond acceptors (Lipinski definition) is 8. The Kier molecular flexibility index (Phi) is 5.09. The van der Waals surface area contributed by atoms with Crippen molar-refractivity contribution in [2.45, 2.75) is 19.4 Å². The average molecular weight is 434 g/mol. The fraction of sp³-hybridized carbons (Fsp3) is 0.333. The highest BCUT2D eigenvalue weighted by atomic mass is 32.2. The molecule has 1 aliphatic rings. The second-order valence-electron chi connectivity index (χ2n) is 6.79. The molecule has 1 aliphatic heterocycles. The van der Waals surface area contributed by atoms with Gasteiger partial charge in [0, 0.05) is 11.6 Å². The summed E-state index contributed by atoms with van der Waals surface area (Å²) in [5, 5.41) is 11.3. The van der Waals surface area contributed by atoms with Gasteiger partial charge in [-0.25, -0.2) is 13.1 Å². The quantitative estimate of drug-likeness (QED) is 0.656. The number of aromatic nitrogens is 4. The van der Waals surface area contributed by atoms with Crippen molar-refractivity contribution in [2.75, 3.05) is 23.9 Å². The third-order valence-electron chi connectivity index (χ3n) is 4.78. The number of nitrogens with zero attached hydrogens (tertiary/aromatic N) is 4. The number of ether oxygens (including phenoxy) is 1. The first-order valence-electron chi connectivity index (χ1n) is 8.91. The lowest BCUT2D eigenvalue weighted by atomic mass is 10.1. The summed E-state index contributed by atoms with van der Waals surface area (Å²) in [5.74, 6) is 0.926. The van der Waals surface area contributed by atoms with E-state index in [1.807, 2.05) is 24.3 Å². The zero-order chi connectivity index (χ0) is 20.6. The van der Waals surface area contributed by atoms with Gasteiger partial charge in [-0.15, -0.1) is 5.10 Å². The summed E-state index contributed by atoms with van der Waals surface area (Å²) in [6.45, 7) is 1.71. The van der Waals surface area contributed by atoms with Gasteiger partial charge >= 0.3 is 0 Å². The van der Waals surface area contributed by atoms with Crippen LogP contribution < -0.4 is 10.1 Å². The molecule has 4 rings (SSSR count). The molecule has 0 saturated carbocycles. The first kappa shape index (κ1) is 19.5. The van der Waals surface area contributed by atoms with Gasteiger partial charge in [0.1, 0.15) is 16.4 Å². The number of benzene rings is 1. The van der Waals surface area contributed by atoms with Gasteiger partial charge in [0.25, 0.3) is 5.91 Å². The van der Waals surface area contributed by atoms with E-state index in [0.717, 1.165) is 22.8 Å². The van der Waals surface area contributed by atoms with Crippen molar-refractivity contribution in [3.05, 3.63) is 40.9 Å². The molecule has 11 heteroatoms. The minimum atomic E-state index is -3.11. The molecule has 29 heavy (non-hydrogen) atoms. The van der Waals surface area contributed by atoms with E-state index in [2.05, 4.69) is 20.0 Å². The lowest BCUT2D eigenvalue weighted by Gasteiger charge is -2.13. The molecule has 0 unspecified atom stereocenters. The monoisotopic (exact) mass is 433 g/mol. The summed E-state index contributed by atoms with van der Waals surface area (Å²) in [4.78, 5) is 13.1. The van der Waals surface area contributed by atoms with Gasteiger partial charge in [0.15, 0.2) is 9.84 Å². The average Bonchev–Trinajstić information content (AvgIpc) is 3.40. The van der Waals surface area contributed by atoms with Gasteiger partial charge in [-0.2, -0.15) is 5.10 Å². The van der Waals surface area contributed by atoms with Crippen LogP contribution in [0.1, 0.15) is 27.8 Å². The molecule has 9 nitrogen and oxygen atoms in total. The number of aryl methyl sites for hydroxylation is 1. The highest BCUT2D eigenvalue weighted by Gasteiger charge is 2.32. The van der Waals surface area contributed by atoms with Crippen molar-refractivity contribution < 1.29 is 17.9 Å². The lowest BCUT2D eigenvalue weighted by Crippen LogP contribution is -2.19. The highest BCUT2D eigenvalue weighted by Crippen LogP contribution is 2.31. The number of nitrogens with one attached hydrogen (secondary N) is 1. The van der Waals surface area contributed by atoms with Crippen molar-refractivity contribution in [3.8, 4) is 17.0 Å². The van der Waals surface area contributed by atoms with Crippen LogP contribution in [-0.4, -0.2) is 52.3 Å². The minimum Gasteiger partial charge on any atom is -0.497 e. The molecule has 0 aliphatic carbocycles. The summed E-state index contributed by atoms with van der Waals surface area (Å²) in [7, 11) is -1.52. The Morgan fingerprint density at radius 2 is 2.07 bits per heavy atom. The highest BCUT2D eigenvalue weighted by molar-refractivity contribution is 7.91. The van der Waals surface area contributed by atoms with Crippen LogP contribution in [0.5, 0.6) is 5.75 Å². The third kappa shape index (κ3) is 4.01. The van der Waals surface area contributed by atoms with Crippen LogP contribution in [-0.2, 0) is 9.84 Å². The molecular weight excluding hydrogens is 414 g/mol. The molecule has 1 amide bonds. The van der Waals surface area contributed by atoms with Crippen LogP contribution in [0.25, 0.3) is 11.3 Å². The largest absolute Gasteiger partial charge is 0.497 e. The van der Waals surface area contributed by atoms with Crippen molar-refractivity contribution in [2.24, 2.45) is 0 Å². The molecule has 1 fully saturated rings. The van der Waals surface area contributed by atoms with Crippen molar-refractivity contribution in [1.29, 1.82) is 0 Å². The third-order valence-corrected chi connectivity index (χ3v) is 7.35. The van der Waals surface area contributed by atoms with Gasteiger partial charge in [-0.1, -0.05) is 4.49 Å². The molecule has 1 saturated heterocycles. The fourth-order valence-corrected chi connectivity index (χ4v) is 5.49. The SMILES string of the molecule is COc1ccc(-c2cc(NC(=O)c3snnc3C)n([C@H]3CCS(=O)(=O)C3)n2)cc1. The predicted octanol–water partition coefficient (Wildman–Crippen LogP) is 2.33. The number of carbonyl (C=O) groups is 1. The van der Waals surface area contributed by atoms with Crippen molar-refractivity contribution in [3.63, 3.8) is 0 Å². The van der Waals surface area contributed by atoms with E-state index in [1.165, 1.54) is 0 Å². The zero-order valence-electron chi connectivity index (χ0n) is 15.8. The Labute approximate surface area is 171 Å². The molecule has 0 spiro atoms. The van der Waals surface area contributed by atoms with Crippen LogP contribution in [0.15, 0.2) is 30.3 Å². The van der Waals surface area contributed by atoms with Gasteiger partial charge in [0.05, 0.1) is 36.0 Å². The normalized spacial score (nSPS) is 17.9. The van der Waals surface area contributed by atoms with E-state index in [1.54, 1.807) is 24.8 Å². The number of rotatable bonds is 5. The Hall–Kier alpha value is -2.79. The van der Waals surface area contributed by atoms with Crippen molar-refractivity contribution >= 4 is 33.1 Å². The summed E-state index contributed by atoms with van der Waals surface area (Å²) in [6.07, 6.45) is 0.454. The van der Waals surface area contributed by atoms with E-state index >= 15 is 0 Å².